The number of hydrogen-bond acceptors (Lipinski definition) is 3. The molecule has 5 nitrogen and oxygen atoms in total. The van der Waals surface area contributed by atoms with Crippen molar-refractivity contribution < 1.29 is 19.5 Å². The molecule has 0 aromatic heterocycles. The van der Waals surface area contributed by atoms with Crippen molar-refractivity contribution in [2.75, 3.05) is 14.1 Å². The molecule has 1 amide bonds. The summed E-state index contributed by atoms with van der Waals surface area (Å²) >= 11 is 0. The molecule has 0 saturated carbocycles. The fraction of sp³-hybridized carbons (Fsp3) is 0.182. The molecule has 0 unspecified atom stereocenters. The summed E-state index contributed by atoms with van der Waals surface area (Å²) in [5.41, 5.74) is 0.138. The maximum Gasteiger partial charge on any atom is 0.336 e. The average molecular weight is 221 g/mol. The van der Waals surface area contributed by atoms with Gasteiger partial charge < -0.3 is 10.0 Å². The molecule has 0 radical (unpaired) electrons. The molecule has 0 atom stereocenters. The lowest BCUT2D eigenvalue weighted by molar-refractivity contribution is 0.0694. The third-order valence-electron chi connectivity index (χ3n) is 2.06. The molecule has 0 aliphatic heterocycles. The number of hydrogen-bond donors (Lipinski definition) is 1. The zero-order valence-corrected chi connectivity index (χ0v) is 8.93. The van der Waals surface area contributed by atoms with Crippen LogP contribution in [-0.4, -0.2) is 42.3 Å². The summed E-state index contributed by atoms with van der Waals surface area (Å²) in [6.45, 7) is 0. The van der Waals surface area contributed by atoms with E-state index in [1.165, 1.54) is 23.1 Å². The highest BCUT2D eigenvalue weighted by Crippen LogP contribution is 2.12. The lowest BCUT2D eigenvalue weighted by atomic mass is 10.0. The molecule has 0 aliphatic rings. The highest BCUT2D eigenvalue weighted by molar-refractivity contribution is 6.01. The summed E-state index contributed by atoms with van der Waals surface area (Å²) in [6.07, 6.45) is 0.452. The topological polar surface area (TPSA) is 74.7 Å². The summed E-state index contributed by atoms with van der Waals surface area (Å²) in [4.78, 5) is 34.3. The van der Waals surface area contributed by atoms with Crippen LogP contribution in [0.4, 0.5) is 0 Å². The number of aromatic carboxylic acids is 1. The number of rotatable bonds is 3. The van der Waals surface area contributed by atoms with Gasteiger partial charge in [0.15, 0.2) is 6.29 Å². The van der Waals surface area contributed by atoms with Crippen molar-refractivity contribution in [3.8, 4) is 0 Å². The molecule has 0 spiro atoms. The van der Waals surface area contributed by atoms with Gasteiger partial charge in [-0.2, -0.15) is 0 Å². The lowest BCUT2D eigenvalue weighted by Gasteiger charge is -2.11. The fourth-order valence-corrected chi connectivity index (χ4v) is 1.24. The van der Waals surface area contributed by atoms with Gasteiger partial charge in [0.25, 0.3) is 5.91 Å². The van der Waals surface area contributed by atoms with Crippen LogP contribution in [0.25, 0.3) is 0 Å². The van der Waals surface area contributed by atoms with Crippen LogP contribution >= 0.6 is 0 Å². The second kappa shape index (κ2) is 4.57. The van der Waals surface area contributed by atoms with E-state index in [4.69, 9.17) is 5.11 Å². The van der Waals surface area contributed by atoms with Crippen molar-refractivity contribution >= 4 is 18.2 Å². The van der Waals surface area contributed by atoms with E-state index in [2.05, 4.69) is 0 Å². The molecular formula is C11H11NO4. The number of aldehydes is 1. The number of carboxylic acids is 1. The molecule has 0 bridgehead atoms. The average Bonchev–Trinajstić information content (AvgIpc) is 2.26. The molecule has 0 fully saturated rings. The van der Waals surface area contributed by atoms with Gasteiger partial charge in [-0.3, -0.25) is 9.59 Å². The predicted molar refractivity (Wildman–Crippen MR) is 56.8 cm³/mol. The number of carboxylic acid groups (broad SMARTS) is 1. The fourth-order valence-electron chi connectivity index (χ4n) is 1.24. The lowest BCUT2D eigenvalue weighted by Crippen LogP contribution is -2.22. The van der Waals surface area contributed by atoms with Crippen molar-refractivity contribution in [1.82, 2.24) is 4.90 Å². The Hall–Kier alpha value is -2.17. The smallest absolute Gasteiger partial charge is 0.336 e. The van der Waals surface area contributed by atoms with E-state index < -0.39 is 5.97 Å². The maximum atomic E-state index is 11.6. The van der Waals surface area contributed by atoms with Crippen LogP contribution in [0, 0.1) is 0 Å². The first-order chi connectivity index (χ1) is 7.47. The molecule has 0 aliphatic carbocycles. The van der Waals surface area contributed by atoms with E-state index in [1.807, 2.05) is 0 Å². The Kier molecular flexibility index (Phi) is 3.40. The largest absolute Gasteiger partial charge is 0.478 e. The van der Waals surface area contributed by atoms with Gasteiger partial charge in [-0.25, -0.2) is 4.79 Å². The minimum absolute atomic E-state index is 0.0582. The molecule has 0 saturated heterocycles. The summed E-state index contributed by atoms with van der Waals surface area (Å²) in [5, 5.41) is 8.86. The zero-order chi connectivity index (χ0) is 12.3. The molecule has 1 aromatic rings. The molecule has 1 aromatic carbocycles. The standard InChI is InChI=1S/C11H11NO4/c1-12(2)10(14)7-3-4-8(6-13)9(5-7)11(15)16/h3-6H,1-2H3,(H,15,16). The van der Waals surface area contributed by atoms with Crippen molar-refractivity contribution in [1.29, 1.82) is 0 Å². The highest BCUT2D eigenvalue weighted by Gasteiger charge is 2.14. The van der Waals surface area contributed by atoms with E-state index in [0.29, 0.717) is 6.29 Å². The van der Waals surface area contributed by atoms with Crippen molar-refractivity contribution in [2.45, 2.75) is 0 Å². The third-order valence-corrected chi connectivity index (χ3v) is 2.06. The number of amides is 1. The monoisotopic (exact) mass is 221 g/mol. The number of nitrogens with zero attached hydrogens (tertiary/aromatic N) is 1. The number of carbonyl (C=O) groups excluding carboxylic acids is 2. The van der Waals surface area contributed by atoms with Gasteiger partial charge in [-0.05, 0) is 12.1 Å². The van der Waals surface area contributed by atoms with E-state index >= 15 is 0 Å². The van der Waals surface area contributed by atoms with Crippen LogP contribution in [0.15, 0.2) is 18.2 Å². The van der Waals surface area contributed by atoms with E-state index in [1.54, 1.807) is 14.1 Å². The van der Waals surface area contributed by atoms with Crippen LogP contribution in [0.1, 0.15) is 31.1 Å². The van der Waals surface area contributed by atoms with Gasteiger partial charge >= 0.3 is 5.97 Å². The molecule has 16 heavy (non-hydrogen) atoms. The molecule has 1 N–H and O–H groups in total. The molecule has 5 heteroatoms. The molecule has 84 valence electrons. The Morgan fingerprint density at radius 1 is 1.31 bits per heavy atom. The quantitative estimate of drug-likeness (QED) is 0.769. The Labute approximate surface area is 92.3 Å². The Balaban J connectivity index is 3.27. The zero-order valence-electron chi connectivity index (χ0n) is 8.93. The van der Waals surface area contributed by atoms with Gasteiger partial charge in [-0.15, -0.1) is 0 Å². The van der Waals surface area contributed by atoms with Crippen molar-refractivity contribution in [3.05, 3.63) is 34.9 Å². The third kappa shape index (κ3) is 2.25. The van der Waals surface area contributed by atoms with Crippen LogP contribution in [0.3, 0.4) is 0 Å². The van der Waals surface area contributed by atoms with Gasteiger partial charge in [0.05, 0.1) is 5.56 Å². The molecule has 1 rings (SSSR count). The van der Waals surface area contributed by atoms with E-state index in [9.17, 15) is 14.4 Å². The normalized spacial score (nSPS) is 9.62. The van der Waals surface area contributed by atoms with Crippen LogP contribution in [0.5, 0.6) is 0 Å². The minimum atomic E-state index is -1.23. The summed E-state index contributed by atoms with van der Waals surface area (Å²) in [7, 11) is 3.13. The van der Waals surface area contributed by atoms with Gasteiger partial charge in [0, 0.05) is 25.2 Å². The van der Waals surface area contributed by atoms with Crippen LogP contribution in [0.2, 0.25) is 0 Å². The first-order valence-electron chi connectivity index (χ1n) is 4.51. The van der Waals surface area contributed by atoms with Crippen molar-refractivity contribution in [2.24, 2.45) is 0 Å². The summed E-state index contributed by atoms with van der Waals surface area (Å²) in [6, 6.07) is 3.96. The number of benzene rings is 1. The summed E-state index contributed by atoms with van der Waals surface area (Å²) in [5.74, 6) is -1.53. The van der Waals surface area contributed by atoms with Gasteiger partial charge in [0.1, 0.15) is 0 Å². The van der Waals surface area contributed by atoms with Crippen LogP contribution in [-0.2, 0) is 0 Å². The second-order valence-corrected chi connectivity index (χ2v) is 3.42. The van der Waals surface area contributed by atoms with E-state index in [-0.39, 0.29) is 22.6 Å². The molecular weight excluding hydrogens is 210 g/mol. The van der Waals surface area contributed by atoms with Crippen LogP contribution < -0.4 is 0 Å². The second-order valence-electron chi connectivity index (χ2n) is 3.42. The maximum absolute atomic E-state index is 11.6. The SMILES string of the molecule is CN(C)C(=O)c1ccc(C=O)c(C(=O)O)c1. The highest BCUT2D eigenvalue weighted by atomic mass is 16.4. The summed E-state index contributed by atoms with van der Waals surface area (Å²) < 4.78 is 0. The first kappa shape index (κ1) is 11.9. The van der Waals surface area contributed by atoms with Gasteiger partial charge in [-0.1, -0.05) is 6.07 Å². The first-order valence-corrected chi connectivity index (χ1v) is 4.51. The Morgan fingerprint density at radius 3 is 2.38 bits per heavy atom. The predicted octanol–water partition coefficient (Wildman–Crippen LogP) is 0.899. The Morgan fingerprint density at radius 2 is 1.94 bits per heavy atom. The number of carbonyl (C=O) groups is 3. The van der Waals surface area contributed by atoms with Gasteiger partial charge in [0.2, 0.25) is 0 Å². The Bertz CT molecular complexity index is 451. The van der Waals surface area contributed by atoms with Crippen molar-refractivity contribution in [3.63, 3.8) is 0 Å². The molecule has 0 heterocycles. The van der Waals surface area contributed by atoms with E-state index in [0.717, 1.165) is 0 Å². The minimum Gasteiger partial charge on any atom is -0.478 e.